The Kier molecular flexibility index (Phi) is 2.20. The average molecular weight is 234 g/mol. The zero-order valence-electron chi connectivity index (χ0n) is 12.0. The molecule has 17 heavy (non-hydrogen) atoms. The van der Waals surface area contributed by atoms with Crippen molar-refractivity contribution in [2.75, 3.05) is 7.11 Å². The summed E-state index contributed by atoms with van der Waals surface area (Å²) in [6.07, 6.45) is 7.64. The topological polar surface area (TPSA) is 9.23 Å². The van der Waals surface area contributed by atoms with E-state index in [-0.39, 0.29) is 11.0 Å². The first-order valence-corrected chi connectivity index (χ1v) is 7.14. The molecule has 3 aliphatic carbocycles. The first kappa shape index (κ1) is 11.8. The van der Waals surface area contributed by atoms with E-state index < -0.39 is 0 Å². The van der Waals surface area contributed by atoms with Gasteiger partial charge in [-0.2, -0.15) is 0 Å². The van der Waals surface area contributed by atoms with Gasteiger partial charge in [0.2, 0.25) is 0 Å². The Hall–Kier alpha value is -0.300. The molecular formula is C16H26O. The van der Waals surface area contributed by atoms with Gasteiger partial charge in [-0.05, 0) is 42.9 Å². The van der Waals surface area contributed by atoms with Gasteiger partial charge < -0.3 is 4.74 Å². The molecular weight excluding hydrogens is 208 g/mol. The molecule has 3 rings (SSSR count). The predicted molar refractivity (Wildman–Crippen MR) is 70.8 cm³/mol. The van der Waals surface area contributed by atoms with Crippen molar-refractivity contribution in [2.24, 2.45) is 22.7 Å². The third-order valence-electron chi connectivity index (χ3n) is 6.92. The summed E-state index contributed by atoms with van der Waals surface area (Å²) in [7, 11) is 1.93. The molecule has 0 saturated heterocycles. The molecule has 1 nitrogen and oxygen atoms in total. The molecule has 0 amide bonds. The summed E-state index contributed by atoms with van der Waals surface area (Å²) in [5.41, 5.74) is 2.54. The van der Waals surface area contributed by atoms with E-state index >= 15 is 0 Å². The van der Waals surface area contributed by atoms with Gasteiger partial charge in [-0.3, -0.25) is 0 Å². The minimum Gasteiger partial charge on any atom is -0.378 e. The molecule has 0 radical (unpaired) electrons. The summed E-state index contributed by atoms with van der Waals surface area (Å²) in [6.45, 7) is 9.77. The van der Waals surface area contributed by atoms with E-state index in [0.717, 1.165) is 11.8 Å². The molecule has 0 aromatic carbocycles. The van der Waals surface area contributed by atoms with Gasteiger partial charge in [0.05, 0.1) is 5.60 Å². The van der Waals surface area contributed by atoms with Gasteiger partial charge >= 0.3 is 0 Å². The number of hydrogen-bond donors (Lipinski definition) is 0. The fraction of sp³-hybridized carbons (Fsp3) is 0.875. The van der Waals surface area contributed by atoms with Crippen LogP contribution in [-0.4, -0.2) is 12.7 Å². The monoisotopic (exact) mass is 234 g/mol. The molecule has 4 atom stereocenters. The van der Waals surface area contributed by atoms with Crippen LogP contribution in [0, 0.1) is 22.7 Å². The van der Waals surface area contributed by atoms with E-state index in [4.69, 9.17) is 4.74 Å². The summed E-state index contributed by atoms with van der Waals surface area (Å²) in [5.74, 6) is 1.61. The van der Waals surface area contributed by atoms with Gasteiger partial charge in [0.15, 0.2) is 0 Å². The standard InChI is InChI=1S/C16H26O/c1-11-6-7-13-12(11)10-16(17-5)9-8-15(13,4)14(16,2)3/h7,11-12H,6,8-10H2,1-5H3. The summed E-state index contributed by atoms with van der Waals surface area (Å²) in [6, 6.07) is 0. The average Bonchev–Trinajstić information content (AvgIpc) is 2.66. The Balaban J connectivity index is 2.13. The summed E-state index contributed by atoms with van der Waals surface area (Å²) >= 11 is 0. The molecule has 0 aromatic rings. The first-order valence-electron chi connectivity index (χ1n) is 7.14. The molecule has 0 aliphatic heterocycles. The third-order valence-corrected chi connectivity index (χ3v) is 6.92. The van der Waals surface area contributed by atoms with Crippen molar-refractivity contribution in [3.05, 3.63) is 11.6 Å². The molecule has 4 unspecified atom stereocenters. The van der Waals surface area contributed by atoms with E-state index in [1.54, 1.807) is 5.57 Å². The molecule has 2 saturated carbocycles. The Bertz CT molecular complexity index is 381. The highest BCUT2D eigenvalue weighted by Crippen LogP contribution is 2.71. The number of ether oxygens (including phenoxy) is 1. The second kappa shape index (κ2) is 3.17. The van der Waals surface area contributed by atoms with E-state index in [0.29, 0.717) is 5.41 Å². The lowest BCUT2D eigenvalue weighted by atomic mass is 9.52. The summed E-state index contributed by atoms with van der Waals surface area (Å²) in [5, 5.41) is 0. The van der Waals surface area contributed by atoms with Crippen molar-refractivity contribution in [2.45, 2.75) is 59.0 Å². The molecule has 0 aromatic heterocycles. The van der Waals surface area contributed by atoms with E-state index in [1.165, 1.54) is 25.7 Å². The van der Waals surface area contributed by atoms with Gasteiger partial charge in [0.1, 0.15) is 0 Å². The molecule has 2 fully saturated rings. The minimum absolute atomic E-state index is 0.127. The second-order valence-corrected chi connectivity index (χ2v) is 7.34. The largest absolute Gasteiger partial charge is 0.378 e. The molecule has 0 heterocycles. The van der Waals surface area contributed by atoms with Crippen molar-refractivity contribution < 1.29 is 4.74 Å². The van der Waals surface area contributed by atoms with E-state index in [2.05, 4.69) is 33.8 Å². The minimum atomic E-state index is 0.127. The highest BCUT2D eigenvalue weighted by Gasteiger charge is 2.67. The highest BCUT2D eigenvalue weighted by atomic mass is 16.5. The van der Waals surface area contributed by atoms with Gasteiger partial charge in [-0.25, -0.2) is 0 Å². The predicted octanol–water partition coefficient (Wildman–Crippen LogP) is 4.18. The molecule has 3 aliphatic rings. The van der Waals surface area contributed by atoms with Gasteiger partial charge in [0, 0.05) is 12.5 Å². The highest BCUT2D eigenvalue weighted by molar-refractivity contribution is 5.35. The van der Waals surface area contributed by atoms with Crippen LogP contribution in [0.3, 0.4) is 0 Å². The van der Waals surface area contributed by atoms with Crippen LogP contribution in [0.25, 0.3) is 0 Å². The molecule has 96 valence electrons. The van der Waals surface area contributed by atoms with Crippen LogP contribution in [0.15, 0.2) is 11.6 Å². The van der Waals surface area contributed by atoms with Crippen LogP contribution < -0.4 is 0 Å². The quantitative estimate of drug-likeness (QED) is 0.618. The number of rotatable bonds is 1. The maximum absolute atomic E-state index is 6.08. The van der Waals surface area contributed by atoms with Crippen molar-refractivity contribution >= 4 is 0 Å². The lowest BCUT2D eigenvalue weighted by Crippen LogP contribution is -2.54. The maximum Gasteiger partial charge on any atom is 0.0743 e. The normalized spacial score (nSPS) is 51.2. The number of fused-ring (bicyclic) bond motifs is 4. The summed E-state index contributed by atoms with van der Waals surface area (Å²) in [4.78, 5) is 0. The van der Waals surface area contributed by atoms with Crippen LogP contribution in [0.5, 0.6) is 0 Å². The number of allylic oxidation sites excluding steroid dienone is 2. The van der Waals surface area contributed by atoms with Crippen molar-refractivity contribution in [1.29, 1.82) is 0 Å². The Morgan fingerprint density at radius 2 is 1.94 bits per heavy atom. The molecule has 1 heteroatoms. The zero-order valence-corrected chi connectivity index (χ0v) is 12.0. The lowest BCUT2D eigenvalue weighted by Gasteiger charge is -2.56. The van der Waals surface area contributed by atoms with Crippen LogP contribution in [0.4, 0.5) is 0 Å². The van der Waals surface area contributed by atoms with Crippen LogP contribution in [-0.2, 0) is 4.74 Å². The van der Waals surface area contributed by atoms with E-state index in [1.807, 2.05) is 7.11 Å². The lowest BCUT2D eigenvalue weighted by molar-refractivity contribution is -0.135. The SMILES string of the molecule is COC12CCC(C)(C3=CCC(C)C3C1)C2(C)C. The zero-order chi connectivity index (χ0) is 12.5. The second-order valence-electron chi connectivity index (χ2n) is 7.34. The number of hydrogen-bond acceptors (Lipinski definition) is 1. The van der Waals surface area contributed by atoms with Gasteiger partial charge in [0.25, 0.3) is 0 Å². The Morgan fingerprint density at radius 1 is 1.24 bits per heavy atom. The molecule has 2 bridgehead atoms. The maximum atomic E-state index is 6.08. The fourth-order valence-corrected chi connectivity index (χ4v) is 5.12. The van der Waals surface area contributed by atoms with Crippen molar-refractivity contribution in [3.63, 3.8) is 0 Å². The van der Waals surface area contributed by atoms with E-state index in [9.17, 15) is 0 Å². The smallest absolute Gasteiger partial charge is 0.0743 e. The molecule has 0 spiro atoms. The fourth-order valence-electron chi connectivity index (χ4n) is 5.12. The van der Waals surface area contributed by atoms with Crippen LogP contribution >= 0.6 is 0 Å². The van der Waals surface area contributed by atoms with Crippen LogP contribution in [0.2, 0.25) is 0 Å². The van der Waals surface area contributed by atoms with Crippen LogP contribution in [0.1, 0.15) is 53.4 Å². The van der Waals surface area contributed by atoms with Gasteiger partial charge in [-0.15, -0.1) is 0 Å². The van der Waals surface area contributed by atoms with Crippen molar-refractivity contribution in [1.82, 2.24) is 0 Å². The van der Waals surface area contributed by atoms with Crippen molar-refractivity contribution in [3.8, 4) is 0 Å². The Morgan fingerprint density at radius 3 is 2.59 bits per heavy atom. The molecule has 0 N–H and O–H groups in total. The number of methoxy groups -OCH3 is 1. The third kappa shape index (κ3) is 1.10. The van der Waals surface area contributed by atoms with Gasteiger partial charge in [-0.1, -0.05) is 39.3 Å². The summed E-state index contributed by atoms with van der Waals surface area (Å²) < 4.78 is 6.08. The first-order chi connectivity index (χ1) is 7.88. The Labute approximate surface area is 106 Å².